The summed E-state index contributed by atoms with van der Waals surface area (Å²) in [5.41, 5.74) is 2.45. The predicted octanol–water partition coefficient (Wildman–Crippen LogP) is 4.74. The molecular formula is C17H15IN4O2S. The number of nitrogens with zero attached hydrogens (tertiary/aromatic N) is 3. The second-order valence-corrected chi connectivity index (χ2v) is 7.55. The number of benzene rings is 1. The highest BCUT2D eigenvalue weighted by Gasteiger charge is 2.27. The molecule has 0 aliphatic carbocycles. The number of furan rings is 1. The van der Waals surface area contributed by atoms with Crippen LogP contribution in [0.1, 0.15) is 25.3 Å². The Balaban J connectivity index is 1.79. The fraction of sp³-hybridized carbons (Fsp3) is 0.235. The second kappa shape index (κ2) is 7.20. The third-order valence-corrected chi connectivity index (χ3v) is 5.24. The van der Waals surface area contributed by atoms with E-state index in [-0.39, 0.29) is 0 Å². The highest BCUT2D eigenvalue weighted by atomic mass is 127. The van der Waals surface area contributed by atoms with Crippen LogP contribution in [0.15, 0.2) is 46.0 Å². The van der Waals surface area contributed by atoms with Crippen LogP contribution in [-0.2, 0) is 0 Å². The van der Waals surface area contributed by atoms with Gasteiger partial charge in [-0.2, -0.15) is 4.98 Å². The van der Waals surface area contributed by atoms with E-state index in [1.165, 1.54) is 0 Å². The molecule has 6 nitrogen and oxygen atoms in total. The van der Waals surface area contributed by atoms with E-state index in [1.54, 1.807) is 11.8 Å². The molecular weight excluding hydrogens is 451 g/mol. The van der Waals surface area contributed by atoms with Crippen molar-refractivity contribution in [2.75, 3.05) is 11.1 Å². The summed E-state index contributed by atoms with van der Waals surface area (Å²) in [5.74, 6) is 2.09. The van der Waals surface area contributed by atoms with Gasteiger partial charge in [-0.3, -0.25) is 0 Å². The van der Waals surface area contributed by atoms with E-state index in [2.05, 4.69) is 50.0 Å². The van der Waals surface area contributed by atoms with Crippen molar-refractivity contribution in [1.29, 1.82) is 0 Å². The molecule has 1 aromatic carbocycles. The molecule has 3 aromatic rings. The Kier molecular flexibility index (Phi) is 4.80. The highest BCUT2D eigenvalue weighted by molar-refractivity contribution is 14.1. The first-order valence-corrected chi connectivity index (χ1v) is 9.96. The minimum absolute atomic E-state index is 0.461. The monoisotopic (exact) mass is 466 g/mol. The molecule has 8 heteroatoms. The van der Waals surface area contributed by atoms with Gasteiger partial charge in [-0.15, -0.1) is 10.2 Å². The Bertz CT molecular complexity index is 902. The van der Waals surface area contributed by atoms with E-state index >= 15 is 0 Å². The summed E-state index contributed by atoms with van der Waals surface area (Å²) in [7, 11) is 0. The Morgan fingerprint density at radius 1 is 1.20 bits per heavy atom. The number of hydrogen-bond acceptors (Lipinski definition) is 7. The number of fused-ring (bicyclic) bond motifs is 3. The lowest BCUT2D eigenvalue weighted by Gasteiger charge is -2.16. The molecule has 0 saturated heterocycles. The van der Waals surface area contributed by atoms with E-state index < -0.39 is 6.23 Å². The maximum absolute atomic E-state index is 6.12. The Hall–Kier alpha value is -1.81. The molecule has 25 heavy (non-hydrogen) atoms. The van der Waals surface area contributed by atoms with Crippen molar-refractivity contribution in [1.82, 2.24) is 15.2 Å². The Morgan fingerprint density at radius 2 is 2.08 bits per heavy atom. The number of thioether (sulfide) groups is 1. The number of halogens is 1. The zero-order valence-corrected chi connectivity index (χ0v) is 16.4. The zero-order chi connectivity index (χ0) is 17.2. The van der Waals surface area contributed by atoms with Crippen molar-refractivity contribution in [2.45, 2.75) is 24.7 Å². The van der Waals surface area contributed by atoms with Crippen LogP contribution < -0.4 is 10.1 Å². The third-order valence-electron chi connectivity index (χ3n) is 3.62. The summed E-state index contributed by atoms with van der Waals surface area (Å²) in [5, 5.41) is 12.6. The van der Waals surface area contributed by atoms with Gasteiger partial charge in [0.05, 0.1) is 0 Å². The second-order valence-electron chi connectivity index (χ2n) is 5.43. The molecule has 1 N–H and O–H groups in total. The number of hydrogen-bond donors (Lipinski definition) is 1. The molecule has 1 aliphatic rings. The minimum Gasteiger partial charge on any atom is -0.449 e. The van der Waals surface area contributed by atoms with E-state index in [1.807, 2.05) is 36.4 Å². The van der Waals surface area contributed by atoms with Gasteiger partial charge in [0.1, 0.15) is 0 Å². The van der Waals surface area contributed by atoms with Crippen LogP contribution in [-0.4, -0.2) is 20.9 Å². The predicted molar refractivity (Wildman–Crippen MR) is 105 cm³/mol. The van der Waals surface area contributed by atoms with Crippen LogP contribution in [0.5, 0.6) is 5.88 Å². The first-order valence-electron chi connectivity index (χ1n) is 7.90. The molecule has 0 saturated carbocycles. The summed E-state index contributed by atoms with van der Waals surface area (Å²) >= 11 is 3.71. The zero-order valence-electron chi connectivity index (χ0n) is 13.4. The van der Waals surface area contributed by atoms with Gasteiger partial charge in [-0.25, -0.2) is 0 Å². The Morgan fingerprint density at radius 3 is 2.88 bits per heavy atom. The molecule has 2 aromatic heterocycles. The van der Waals surface area contributed by atoms with E-state index in [9.17, 15) is 0 Å². The largest absolute Gasteiger partial charge is 0.449 e. The lowest BCUT2D eigenvalue weighted by molar-refractivity contribution is 0.193. The summed E-state index contributed by atoms with van der Waals surface area (Å²) in [4.78, 5) is 4.58. The quantitative estimate of drug-likeness (QED) is 0.440. The van der Waals surface area contributed by atoms with Crippen LogP contribution >= 0.6 is 34.4 Å². The van der Waals surface area contributed by atoms with E-state index in [4.69, 9.17) is 9.15 Å². The van der Waals surface area contributed by atoms with Crippen molar-refractivity contribution in [3.8, 4) is 17.1 Å². The van der Waals surface area contributed by atoms with Gasteiger partial charge in [0.15, 0.2) is 15.2 Å². The summed E-state index contributed by atoms with van der Waals surface area (Å²) in [6.07, 6.45) is 0.565. The number of nitrogens with one attached hydrogen (secondary N) is 1. The maximum Gasteiger partial charge on any atom is 0.247 e. The summed E-state index contributed by atoms with van der Waals surface area (Å²) in [6, 6.07) is 11.7. The molecule has 1 atom stereocenters. The standard InChI is InChI=1S/C17H15IN4O2S/c1-2-9-25-17-20-16-14(21-22-17)10-5-3-4-6-11(10)19-15(24-16)12-7-8-13(18)23-12/h3-8,15,19H,2,9H2,1H3/t15-/m0/s1. The summed E-state index contributed by atoms with van der Waals surface area (Å²) < 4.78 is 12.7. The first kappa shape index (κ1) is 16.6. The van der Waals surface area contributed by atoms with Crippen LogP contribution in [0.25, 0.3) is 11.3 Å². The number of anilines is 1. The van der Waals surface area contributed by atoms with E-state index in [0.717, 1.165) is 27.2 Å². The molecule has 4 rings (SSSR count). The maximum atomic E-state index is 6.12. The minimum atomic E-state index is -0.480. The fourth-order valence-electron chi connectivity index (χ4n) is 2.50. The van der Waals surface area contributed by atoms with Gasteiger partial charge in [0, 0.05) is 17.0 Å². The fourth-order valence-corrected chi connectivity index (χ4v) is 3.57. The first-order chi connectivity index (χ1) is 12.2. The van der Waals surface area contributed by atoms with Gasteiger partial charge < -0.3 is 14.5 Å². The average Bonchev–Trinajstić information content (AvgIpc) is 2.99. The molecule has 0 amide bonds. The normalized spacial score (nSPS) is 15.5. The van der Waals surface area contributed by atoms with Gasteiger partial charge in [0.2, 0.25) is 17.3 Å². The molecule has 0 fully saturated rings. The Labute approximate surface area is 162 Å². The average molecular weight is 466 g/mol. The lowest BCUT2D eigenvalue weighted by Crippen LogP contribution is -2.16. The van der Waals surface area contributed by atoms with Crippen LogP contribution in [0.2, 0.25) is 0 Å². The van der Waals surface area contributed by atoms with Crippen molar-refractivity contribution >= 4 is 40.0 Å². The topological polar surface area (TPSA) is 73.1 Å². The molecule has 1 aliphatic heterocycles. The van der Waals surface area contributed by atoms with Crippen molar-refractivity contribution in [3.63, 3.8) is 0 Å². The molecule has 0 unspecified atom stereocenters. The number of ether oxygens (including phenoxy) is 1. The van der Waals surface area contributed by atoms with E-state index in [0.29, 0.717) is 22.5 Å². The lowest BCUT2D eigenvalue weighted by atomic mass is 10.1. The molecule has 0 bridgehead atoms. The summed E-state index contributed by atoms with van der Waals surface area (Å²) in [6.45, 7) is 2.12. The van der Waals surface area contributed by atoms with Crippen LogP contribution in [0, 0.1) is 3.77 Å². The molecule has 0 spiro atoms. The number of para-hydroxylation sites is 1. The van der Waals surface area contributed by atoms with Crippen LogP contribution in [0.3, 0.4) is 0 Å². The molecule has 128 valence electrons. The SMILES string of the molecule is CCCSc1nnc2c(n1)O[C@@H](c1ccc(I)o1)Nc1ccccc1-2. The number of rotatable bonds is 4. The smallest absolute Gasteiger partial charge is 0.247 e. The van der Waals surface area contributed by atoms with Crippen molar-refractivity contribution in [2.24, 2.45) is 0 Å². The van der Waals surface area contributed by atoms with Gasteiger partial charge in [-0.05, 0) is 47.2 Å². The number of aromatic nitrogens is 3. The highest BCUT2D eigenvalue weighted by Crippen LogP contribution is 2.39. The third kappa shape index (κ3) is 3.45. The van der Waals surface area contributed by atoms with Crippen molar-refractivity contribution in [3.05, 3.63) is 45.9 Å². The van der Waals surface area contributed by atoms with Crippen molar-refractivity contribution < 1.29 is 9.15 Å². The van der Waals surface area contributed by atoms with Gasteiger partial charge >= 0.3 is 0 Å². The molecule has 3 heterocycles. The molecule has 0 radical (unpaired) electrons. The van der Waals surface area contributed by atoms with Crippen LogP contribution in [0.4, 0.5) is 5.69 Å². The van der Waals surface area contributed by atoms with Gasteiger partial charge in [0.25, 0.3) is 0 Å². The van der Waals surface area contributed by atoms with Gasteiger partial charge in [-0.1, -0.05) is 36.9 Å².